The average molecular weight is 534 g/mol. The maximum atomic E-state index is 13.4. The molecule has 2 amide bonds. The van der Waals surface area contributed by atoms with Crippen molar-refractivity contribution in [2.24, 2.45) is 17.4 Å². The van der Waals surface area contributed by atoms with Crippen LogP contribution < -0.4 is 16.8 Å². The fourth-order valence-electron chi connectivity index (χ4n) is 4.61. The fraction of sp³-hybridized carbons (Fsp3) is 0.355. The summed E-state index contributed by atoms with van der Waals surface area (Å²) in [6.45, 7) is 0. The molecule has 0 fully saturated rings. The Morgan fingerprint density at radius 3 is 1.79 bits per heavy atom. The van der Waals surface area contributed by atoms with Gasteiger partial charge in [0.1, 0.15) is 11.8 Å². The Bertz CT molecular complexity index is 1160. The van der Waals surface area contributed by atoms with Crippen molar-refractivity contribution >= 4 is 11.8 Å². The average Bonchev–Trinajstić information content (AvgIpc) is 2.93. The van der Waals surface area contributed by atoms with E-state index in [2.05, 4.69) is 5.32 Å². The zero-order valence-electron chi connectivity index (χ0n) is 22.0. The molecule has 0 saturated carbocycles. The first kappa shape index (κ1) is 29.8. The number of benzene rings is 3. The van der Waals surface area contributed by atoms with Gasteiger partial charge in [0.2, 0.25) is 11.8 Å². The van der Waals surface area contributed by atoms with Gasteiger partial charge in [0.25, 0.3) is 0 Å². The van der Waals surface area contributed by atoms with Crippen LogP contribution in [0.25, 0.3) is 0 Å². The zero-order valence-corrected chi connectivity index (χ0v) is 22.0. The summed E-state index contributed by atoms with van der Waals surface area (Å²) in [5.41, 5.74) is 14.4. The number of amides is 2. The highest BCUT2D eigenvalue weighted by atomic mass is 16.3. The molecule has 0 spiro atoms. The summed E-state index contributed by atoms with van der Waals surface area (Å²) in [6, 6.07) is 23.9. The maximum absolute atomic E-state index is 13.4. The molecule has 0 radical (unpaired) electrons. The second kappa shape index (κ2) is 15.0. The molecule has 0 aliphatic heterocycles. The van der Waals surface area contributed by atoms with Gasteiger partial charge in [0.05, 0.1) is 18.1 Å². The Hall–Kier alpha value is -3.72. The lowest BCUT2D eigenvalue weighted by molar-refractivity contribution is -0.132. The molecule has 39 heavy (non-hydrogen) atoms. The first-order valence-electron chi connectivity index (χ1n) is 13.3. The normalized spacial score (nSPS) is 15.1. The Morgan fingerprint density at radius 1 is 0.718 bits per heavy atom. The second-order valence-electron chi connectivity index (χ2n) is 10.0. The van der Waals surface area contributed by atoms with Gasteiger partial charge in [-0.1, -0.05) is 72.8 Å². The van der Waals surface area contributed by atoms with Crippen LogP contribution in [0.4, 0.5) is 0 Å². The largest absolute Gasteiger partial charge is 0.508 e. The number of carbonyl (C=O) groups is 2. The van der Waals surface area contributed by atoms with E-state index in [0.29, 0.717) is 19.3 Å². The smallest absolute Gasteiger partial charge is 0.240 e. The number of hydrogen-bond acceptors (Lipinski definition) is 6. The van der Waals surface area contributed by atoms with E-state index in [4.69, 9.17) is 11.5 Å². The van der Waals surface area contributed by atoms with Crippen LogP contribution >= 0.6 is 0 Å². The third kappa shape index (κ3) is 9.83. The van der Waals surface area contributed by atoms with E-state index in [1.807, 2.05) is 60.7 Å². The first-order valence-corrected chi connectivity index (χ1v) is 13.3. The van der Waals surface area contributed by atoms with Crippen LogP contribution in [-0.2, 0) is 28.9 Å². The van der Waals surface area contributed by atoms with Crippen LogP contribution in [0.1, 0.15) is 36.0 Å². The van der Waals surface area contributed by atoms with Gasteiger partial charge in [-0.3, -0.25) is 9.59 Å². The van der Waals surface area contributed by atoms with Crippen molar-refractivity contribution in [2.45, 2.75) is 62.8 Å². The lowest BCUT2D eigenvalue weighted by Crippen LogP contribution is -2.50. The van der Waals surface area contributed by atoms with Gasteiger partial charge in [-0.25, -0.2) is 0 Å². The Balaban J connectivity index is 1.60. The number of primary amides is 1. The van der Waals surface area contributed by atoms with Gasteiger partial charge in [0, 0.05) is 12.5 Å². The highest BCUT2D eigenvalue weighted by molar-refractivity contribution is 5.88. The van der Waals surface area contributed by atoms with Gasteiger partial charge in [-0.15, -0.1) is 0 Å². The molecule has 8 N–H and O–H groups in total. The third-order valence-corrected chi connectivity index (χ3v) is 6.94. The molecule has 3 aromatic carbocycles. The van der Waals surface area contributed by atoms with Gasteiger partial charge in [-0.2, -0.15) is 0 Å². The van der Waals surface area contributed by atoms with Crippen LogP contribution in [-0.4, -0.2) is 51.4 Å². The number of aromatic hydroxyl groups is 1. The number of aliphatic hydroxyl groups excluding tert-OH is 2. The molecule has 208 valence electrons. The van der Waals surface area contributed by atoms with E-state index in [1.165, 1.54) is 0 Å². The van der Waals surface area contributed by atoms with Gasteiger partial charge < -0.3 is 32.1 Å². The van der Waals surface area contributed by atoms with E-state index in [0.717, 1.165) is 16.7 Å². The lowest BCUT2D eigenvalue weighted by atomic mass is 9.89. The predicted molar refractivity (Wildman–Crippen MR) is 151 cm³/mol. The summed E-state index contributed by atoms with van der Waals surface area (Å²) < 4.78 is 0. The highest BCUT2D eigenvalue weighted by Crippen LogP contribution is 2.20. The number of rotatable bonds is 15. The van der Waals surface area contributed by atoms with Crippen molar-refractivity contribution in [3.05, 3.63) is 102 Å². The molecule has 3 rings (SSSR count). The first-order chi connectivity index (χ1) is 18.7. The quantitative estimate of drug-likeness (QED) is 0.176. The lowest BCUT2D eigenvalue weighted by Gasteiger charge is -2.26. The highest BCUT2D eigenvalue weighted by Gasteiger charge is 2.30. The SMILES string of the molecule is NC(=O)[C@H](Cc1ccccc1)NC(=O)[C@H](Cc1ccccc1)[C@@H](O)CCC[C@@H](O)[C@@H](N)Cc1ccc(O)cc1. The molecule has 5 atom stereocenters. The van der Waals surface area contributed by atoms with Crippen molar-refractivity contribution in [1.29, 1.82) is 0 Å². The maximum Gasteiger partial charge on any atom is 0.240 e. The minimum atomic E-state index is -1.00. The van der Waals surface area contributed by atoms with Crippen LogP contribution in [0, 0.1) is 5.92 Å². The van der Waals surface area contributed by atoms with Crippen LogP contribution in [0.5, 0.6) is 5.75 Å². The molecule has 8 nitrogen and oxygen atoms in total. The minimum Gasteiger partial charge on any atom is -0.508 e. The number of nitrogens with two attached hydrogens (primary N) is 2. The van der Waals surface area contributed by atoms with Crippen LogP contribution in [0.2, 0.25) is 0 Å². The third-order valence-electron chi connectivity index (χ3n) is 6.94. The summed E-state index contributed by atoms with van der Waals surface area (Å²) in [4.78, 5) is 25.5. The van der Waals surface area contributed by atoms with E-state index in [9.17, 15) is 24.9 Å². The molecule has 0 heterocycles. The Kier molecular flexibility index (Phi) is 11.5. The van der Waals surface area contributed by atoms with Crippen molar-refractivity contribution in [2.75, 3.05) is 0 Å². The van der Waals surface area contributed by atoms with Crippen molar-refractivity contribution < 1.29 is 24.9 Å². The topological polar surface area (TPSA) is 159 Å². The van der Waals surface area contributed by atoms with E-state index in [1.54, 1.807) is 24.3 Å². The van der Waals surface area contributed by atoms with Gasteiger partial charge in [0.15, 0.2) is 0 Å². The summed E-state index contributed by atoms with van der Waals surface area (Å²) in [5, 5.41) is 33.8. The summed E-state index contributed by atoms with van der Waals surface area (Å²) in [6.07, 6.45) is 0.261. The molecular weight excluding hydrogens is 494 g/mol. The minimum absolute atomic E-state index is 0.165. The molecule has 0 aromatic heterocycles. The Morgan fingerprint density at radius 2 is 1.23 bits per heavy atom. The van der Waals surface area contributed by atoms with Crippen molar-refractivity contribution in [3.8, 4) is 5.75 Å². The van der Waals surface area contributed by atoms with Gasteiger partial charge >= 0.3 is 0 Å². The molecule has 8 heteroatoms. The van der Waals surface area contributed by atoms with Crippen molar-refractivity contribution in [1.82, 2.24) is 5.32 Å². The van der Waals surface area contributed by atoms with Gasteiger partial charge in [-0.05, 0) is 60.9 Å². The number of nitrogens with one attached hydrogen (secondary N) is 1. The number of phenols is 1. The fourth-order valence-corrected chi connectivity index (χ4v) is 4.61. The molecule has 0 aliphatic carbocycles. The van der Waals surface area contributed by atoms with E-state index >= 15 is 0 Å². The molecule has 0 saturated heterocycles. The van der Waals surface area contributed by atoms with Crippen molar-refractivity contribution in [3.63, 3.8) is 0 Å². The summed E-state index contributed by atoms with van der Waals surface area (Å²) in [5.74, 6) is -1.74. The molecular formula is C31H39N3O5. The standard InChI is InChI=1S/C31H39N3O5/c32-26(19-23-14-16-24(35)17-15-23)29(37)13-7-12-28(36)25(18-21-8-3-1-4-9-21)31(39)34-27(30(33)38)20-22-10-5-2-6-11-22/h1-6,8-11,14-17,25-29,35-37H,7,12-13,18-20,32H2,(H2,33,38)(H,34,39)/t25-,26+,27+,28+,29-/m1/s1. The zero-order chi connectivity index (χ0) is 28.2. The summed E-state index contributed by atoms with van der Waals surface area (Å²) in [7, 11) is 0. The number of aliphatic hydroxyl groups is 2. The van der Waals surface area contributed by atoms with Crippen LogP contribution in [0.3, 0.4) is 0 Å². The molecule has 0 unspecified atom stereocenters. The van der Waals surface area contributed by atoms with E-state index in [-0.39, 0.29) is 25.0 Å². The Labute approximate surface area is 229 Å². The number of carbonyl (C=O) groups excluding carboxylic acids is 2. The molecule has 0 bridgehead atoms. The monoisotopic (exact) mass is 533 g/mol. The number of hydrogen-bond donors (Lipinski definition) is 6. The number of phenolic OH excluding ortho intramolecular Hbond substituents is 1. The van der Waals surface area contributed by atoms with E-state index < -0.39 is 42.0 Å². The van der Waals surface area contributed by atoms with Crippen LogP contribution in [0.15, 0.2) is 84.9 Å². The predicted octanol–water partition coefficient (Wildman–Crippen LogP) is 2.23. The second-order valence-corrected chi connectivity index (χ2v) is 10.0. The summed E-state index contributed by atoms with van der Waals surface area (Å²) >= 11 is 0. The molecule has 3 aromatic rings. The molecule has 0 aliphatic rings.